The summed E-state index contributed by atoms with van der Waals surface area (Å²) in [4.78, 5) is 26.9. The van der Waals surface area contributed by atoms with E-state index < -0.39 is 11.6 Å². The normalized spacial score (nSPS) is 26.1. The van der Waals surface area contributed by atoms with Crippen LogP contribution in [-0.2, 0) is 15.1 Å². The van der Waals surface area contributed by atoms with Gasteiger partial charge in [0.2, 0.25) is 5.91 Å². The molecule has 2 unspecified atom stereocenters. The van der Waals surface area contributed by atoms with Crippen LogP contribution in [0.2, 0.25) is 0 Å². The Kier molecular flexibility index (Phi) is 4.35. The van der Waals surface area contributed by atoms with Gasteiger partial charge in [-0.25, -0.2) is 0 Å². The summed E-state index contributed by atoms with van der Waals surface area (Å²) in [7, 11) is 0. The molecule has 2 atom stereocenters. The van der Waals surface area contributed by atoms with Crippen LogP contribution in [0.4, 0.5) is 0 Å². The molecule has 4 nitrogen and oxygen atoms in total. The van der Waals surface area contributed by atoms with E-state index in [1.807, 2.05) is 37.3 Å². The van der Waals surface area contributed by atoms with Crippen molar-refractivity contribution in [2.45, 2.75) is 45.7 Å². The number of nitrogens with one attached hydrogen (secondary N) is 1. The van der Waals surface area contributed by atoms with Crippen molar-refractivity contribution in [1.29, 1.82) is 0 Å². The second-order valence-electron chi connectivity index (χ2n) is 6.31. The third-order valence-electron chi connectivity index (χ3n) is 4.23. The van der Waals surface area contributed by atoms with Gasteiger partial charge in [0, 0.05) is 6.54 Å². The van der Waals surface area contributed by atoms with Crippen LogP contribution in [0.25, 0.3) is 0 Å². The van der Waals surface area contributed by atoms with Crippen molar-refractivity contribution >= 4 is 11.8 Å². The van der Waals surface area contributed by atoms with Gasteiger partial charge in [-0.1, -0.05) is 44.2 Å². The van der Waals surface area contributed by atoms with E-state index >= 15 is 0 Å². The molecule has 0 bridgehead atoms. The zero-order valence-electron chi connectivity index (χ0n) is 13.2. The lowest BCUT2D eigenvalue weighted by Gasteiger charge is -2.46. The predicted molar refractivity (Wildman–Crippen MR) is 82.6 cm³/mol. The minimum Gasteiger partial charge on any atom is -0.342 e. The van der Waals surface area contributed by atoms with Crippen molar-refractivity contribution in [3.05, 3.63) is 35.9 Å². The zero-order chi connectivity index (χ0) is 15.6. The molecule has 0 saturated carbocycles. The molecule has 0 aromatic heterocycles. The van der Waals surface area contributed by atoms with E-state index in [2.05, 4.69) is 19.2 Å². The minimum absolute atomic E-state index is 0.0124. The summed E-state index contributed by atoms with van der Waals surface area (Å²) in [5, 5.41) is 2.81. The Morgan fingerprint density at radius 3 is 2.43 bits per heavy atom. The molecule has 21 heavy (non-hydrogen) atoms. The fraction of sp³-hybridized carbons (Fsp3) is 0.529. The SMILES string of the molecule is CC(C)CCN1C(=O)C(C)NC(=O)C1(C)c1ccccc1. The molecule has 2 rings (SSSR count). The van der Waals surface area contributed by atoms with Crippen molar-refractivity contribution in [2.75, 3.05) is 6.54 Å². The maximum atomic E-state index is 12.6. The molecule has 1 fully saturated rings. The highest BCUT2D eigenvalue weighted by atomic mass is 16.2. The maximum Gasteiger partial charge on any atom is 0.250 e. The van der Waals surface area contributed by atoms with E-state index in [-0.39, 0.29) is 11.8 Å². The molecule has 1 aromatic rings. The van der Waals surface area contributed by atoms with E-state index in [1.54, 1.807) is 11.8 Å². The topological polar surface area (TPSA) is 49.4 Å². The van der Waals surface area contributed by atoms with E-state index in [4.69, 9.17) is 0 Å². The average molecular weight is 288 g/mol. The molecular formula is C17H24N2O2. The van der Waals surface area contributed by atoms with Crippen LogP contribution >= 0.6 is 0 Å². The zero-order valence-corrected chi connectivity index (χ0v) is 13.2. The first-order chi connectivity index (χ1) is 9.87. The Bertz CT molecular complexity index is 527. The Hall–Kier alpha value is -1.84. The van der Waals surface area contributed by atoms with Crippen molar-refractivity contribution in [2.24, 2.45) is 5.92 Å². The molecule has 1 heterocycles. The summed E-state index contributed by atoms with van der Waals surface area (Å²) in [6.45, 7) is 8.42. The first-order valence-electron chi connectivity index (χ1n) is 7.55. The van der Waals surface area contributed by atoms with Crippen LogP contribution in [0.5, 0.6) is 0 Å². The molecule has 1 aliphatic heterocycles. The average Bonchev–Trinajstić information content (AvgIpc) is 2.46. The largest absolute Gasteiger partial charge is 0.342 e. The lowest BCUT2D eigenvalue weighted by molar-refractivity contribution is -0.157. The molecule has 2 amide bonds. The number of hydrogen-bond donors (Lipinski definition) is 1. The van der Waals surface area contributed by atoms with Gasteiger partial charge in [0.15, 0.2) is 0 Å². The van der Waals surface area contributed by atoms with E-state index in [0.29, 0.717) is 12.5 Å². The lowest BCUT2D eigenvalue weighted by Crippen LogP contribution is -2.67. The number of carbonyl (C=O) groups is 2. The number of benzene rings is 1. The Morgan fingerprint density at radius 1 is 1.24 bits per heavy atom. The highest BCUT2D eigenvalue weighted by Crippen LogP contribution is 2.32. The standard InChI is InChI=1S/C17H24N2O2/c1-12(2)10-11-19-15(20)13(3)18-16(21)17(19,4)14-8-6-5-7-9-14/h5-9,12-13H,10-11H2,1-4H3,(H,18,21). The summed E-state index contributed by atoms with van der Waals surface area (Å²) in [5.74, 6) is 0.365. The molecule has 0 radical (unpaired) electrons. The lowest BCUT2D eigenvalue weighted by atomic mass is 9.85. The smallest absolute Gasteiger partial charge is 0.250 e. The number of amides is 2. The summed E-state index contributed by atoms with van der Waals surface area (Å²) in [6, 6.07) is 9.07. The molecule has 4 heteroatoms. The van der Waals surface area contributed by atoms with Crippen LogP contribution in [0.15, 0.2) is 30.3 Å². The number of nitrogens with zero attached hydrogens (tertiary/aromatic N) is 1. The van der Waals surface area contributed by atoms with Gasteiger partial charge in [-0.15, -0.1) is 0 Å². The summed E-state index contributed by atoms with van der Waals surface area (Å²) in [6.07, 6.45) is 0.883. The van der Waals surface area contributed by atoms with Gasteiger partial charge in [-0.3, -0.25) is 9.59 Å². The number of hydrogen-bond acceptors (Lipinski definition) is 2. The molecular weight excluding hydrogens is 264 g/mol. The quantitative estimate of drug-likeness (QED) is 0.924. The van der Waals surface area contributed by atoms with Crippen LogP contribution in [0.3, 0.4) is 0 Å². The number of rotatable bonds is 4. The predicted octanol–water partition coefficient (Wildman–Crippen LogP) is 2.29. The van der Waals surface area contributed by atoms with Gasteiger partial charge in [-0.2, -0.15) is 0 Å². The molecule has 114 valence electrons. The first kappa shape index (κ1) is 15.5. The fourth-order valence-corrected chi connectivity index (χ4v) is 2.75. The molecule has 0 aliphatic carbocycles. The number of carbonyl (C=O) groups excluding carboxylic acids is 2. The van der Waals surface area contributed by atoms with Crippen LogP contribution in [-0.4, -0.2) is 29.3 Å². The Balaban J connectivity index is 2.42. The van der Waals surface area contributed by atoms with E-state index in [9.17, 15) is 9.59 Å². The maximum absolute atomic E-state index is 12.6. The summed E-state index contributed by atoms with van der Waals surface area (Å²) in [5.41, 5.74) is -0.0776. The van der Waals surface area contributed by atoms with Crippen LogP contribution < -0.4 is 5.32 Å². The second kappa shape index (κ2) is 5.88. The van der Waals surface area contributed by atoms with Crippen molar-refractivity contribution in [3.63, 3.8) is 0 Å². The van der Waals surface area contributed by atoms with Gasteiger partial charge < -0.3 is 10.2 Å². The van der Waals surface area contributed by atoms with Gasteiger partial charge in [0.05, 0.1) is 0 Å². The molecule has 1 aromatic carbocycles. The summed E-state index contributed by atoms with van der Waals surface area (Å²) >= 11 is 0. The third-order valence-corrected chi connectivity index (χ3v) is 4.23. The highest BCUT2D eigenvalue weighted by Gasteiger charge is 2.49. The van der Waals surface area contributed by atoms with Gasteiger partial charge >= 0.3 is 0 Å². The van der Waals surface area contributed by atoms with Crippen LogP contribution in [0, 0.1) is 5.92 Å². The van der Waals surface area contributed by atoms with Gasteiger partial charge in [0.1, 0.15) is 11.6 Å². The van der Waals surface area contributed by atoms with E-state index in [1.165, 1.54) is 0 Å². The molecule has 1 N–H and O–H groups in total. The van der Waals surface area contributed by atoms with Gasteiger partial charge in [0.25, 0.3) is 5.91 Å². The summed E-state index contributed by atoms with van der Waals surface area (Å²) < 4.78 is 0. The highest BCUT2D eigenvalue weighted by molar-refractivity contribution is 6.00. The van der Waals surface area contributed by atoms with Crippen LogP contribution in [0.1, 0.15) is 39.7 Å². The Labute approximate surface area is 126 Å². The monoisotopic (exact) mass is 288 g/mol. The molecule has 1 saturated heterocycles. The van der Waals surface area contributed by atoms with Crippen molar-refractivity contribution in [3.8, 4) is 0 Å². The van der Waals surface area contributed by atoms with Crippen molar-refractivity contribution < 1.29 is 9.59 Å². The fourth-order valence-electron chi connectivity index (χ4n) is 2.75. The number of piperazine rings is 1. The van der Waals surface area contributed by atoms with Gasteiger partial charge in [-0.05, 0) is 31.7 Å². The van der Waals surface area contributed by atoms with E-state index in [0.717, 1.165) is 12.0 Å². The Morgan fingerprint density at radius 2 is 1.86 bits per heavy atom. The third kappa shape index (κ3) is 2.80. The second-order valence-corrected chi connectivity index (χ2v) is 6.31. The molecule has 1 aliphatic rings. The molecule has 0 spiro atoms. The minimum atomic E-state index is -0.931. The van der Waals surface area contributed by atoms with Crippen molar-refractivity contribution in [1.82, 2.24) is 10.2 Å². The first-order valence-corrected chi connectivity index (χ1v) is 7.55.